The zero-order valence-corrected chi connectivity index (χ0v) is 19.2. The number of thiazole rings is 1. The topological polar surface area (TPSA) is 48.0 Å². The van der Waals surface area contributed by atoms with E-state index in [0.29, 0.717) is 11.0 Å². The summed E-state index contributed by atoms with van der Waals surface area (Å²) in [6, 6.07) is 11.5. The molecule has 2 heterocycles. The molecule has 4 aromatic rings. The Bertz CT molecular complexity index is 1180. The molecule has 0 fully saturated rings. The molecular weight excluding hydrogens is 547 g/mol. The molecule has 2 aromatic carbocycles. The van der Waals surface area contributed by atoms with Crippen molar-refractivity contribution in [3.05, 3.63) is 64.8 Å². The summed E-state index contributed by atoms with van der Waals surface area (Å²) < 4.78 is 2.83. The maximum absolute atomic E-state index is 7.15. The van der Waals surface area contributed by atoms with E-state index in [1.54, 1.807) is 6.33 Å². The van der Waals surface area contributed by atoms with Crippen molar-refractivity contribution < 1.29 is 20.1 Å². The first kappa shape index (κ1) is 20.3. The predicted octanol–water partition coefficient (Wildman–Crippen LogP) is 5.63. The molecule has 0 unspecified atom stereocenters. The maximum atomic E-state index is 7.15. The van der Waals surface area contributed by atoms with E-state index in [4.69, 9.17) is 6.57 Å². The number of hydrogen-bond donors (Lipinski definition) is 0. The molecule has 0 amide bonds. The van der Waals surface area contributed by atoms with E-state index in [0.717, 1.165) is 27.3 Å². The predicted molar refractivity (Wildman–Crippen MR) is 109 cm³/mol. The third kappa shape index (κ3) is 3.51. The van der Waals surface area contributed by atoms with E-state index in [2.05, 4.69) is 65.8 Å². The summed E-state index contributed by atoms with van der Waals surface area (Å²) in [5.74, 6) is 1.21. The van der Waals surface area contributed by atoms with Crippen LogP contribution in [-0.4, -0.2) is 19.7 Å². The number of fused-ring (bicyclic) bond motifs is 1. The first-order valence-electron chi connectivity index (χ1n) is 8.69. The van der Waals surface area contributed by atoms with Gasteiger partial charge >= 0.3 is 5.13 Å². The zero-order valence-electron chi connectivity index (χ0n) is 15.9. The van der Waals surface area contributed by atoms with Gasteiger partial charge in [-0.2, -0.15) is 10.1 Å². The van der Waals surface area contributed by atoms with Crippen molar-refractivity contribution in [1.82, 2.24) is 19.7 Å². The molecule has 7 heteroatoms. The Morgan fingerprint density at radius 2 is 1.89 bits per heavy atom. The second kappa shape index (κ2) is 7.92. The van der Waals surface area contributed by atoms with Crippen molar-refractivity contribution in [1.29, 1.82) is 0 Å². The Balaban J connectivity index is 0.00000225. The number of aryl methyl sites for hydroxylation is 2. The second-order valence-electron chi connectivity index (χ2n) is 6.86. The van der Waals surface area contributed by atoms with Crippen molar-refractivity contribution in [2.75, 3.05) is 0 Å². The van der Waals surface area contributed by atoms with Crippen LogP contribution in [0.1, 0.15) is 36.5 Å². The Hall–Kier alpha value is -2.39. The van der Waals surface area contributed by atoms with E-state index < -0.39 is 0 Å². The summed E-state index contributed by atoms with van der Waals surface area (Å²) >= 11 is 1.38. The zero-order chi connectivity index (χ0) is 19.1. The number of benzene rings is 2. The number of hydrogen-bond acceptors (Lipinski definition) is 4. The van der Waals surface area contributed by atoms with Crippen LogP contribution in [0.4, 0.5) is 5.13 Å². The molecule has 0 N–H and O–H groups in total. The summed E-state index contributed by atoms with van der Waals surface area (Å²) in [4.78, 5) is 12.2. The van der Waals surface area contributed by atoms with Gasteiger partial charge in [0.25, 0.3) is 0 Å². The second-order valence-corrected chi connectivity index (χ2v) is 7.87. The van der Waals surface area contributed by atoms with E-state index in [9.17, 15) is 0 Å². The molecule has 5 nitrogen and oxygen atoms in total. The summed E-state index contributed by atoms with van der Waals surface area (Å²) in [7, 11) is 0. The largest absolute Gasteiger partial charge is 0.352 e. The average Bonchev–Trinajstić information content (AvgIpc) is 3.26. The minimum atomic E-state index is 0. The van der Waals surface area contributed by atoms with E-state index >= 15 is 0 Å². The minimum Gasteiger partial charge on any atom is -0.352 e. The van der Waals surface area contributed by atoms with Gasteiger partial charge in [0.1, 0.15) is 6.33 Å². The molecule has 28 heavy (non-hydrogen) atoms. The van der Waals surface area contributed by atoms with Gasteiger partial charge in [0.15, 0.2) is 0 Å². The molecule has 1 radical (unpaired) electrons. The molecule has 0 aliphatic carbocycles. The molecule has 0 atom stereocenters. The molecule has 0 bridgehead atoms. The Labute approximate surface area is 181 Å². The Morgan fingerprint density at radius 3 is 2.54 bits per heavy atom. The quantitative estimate of drug-likeness (QED) is 0.303. The van der Waals surface area contributed by atoms with Crippen molar-refractivity contribution in [3.8, 4) is 17.1 Å². The Morgan fingerprint density at radius 1 is 1.18 bits per heavy atom. The smallest absolute Gasteiger partial charge is 0.319 e. The van der Waals surface area contributed by atoms with Gasteiger partial charge in [-0.1, -0.05) is 38.6 Å². The van der Waals surface area contributed by atoms with Gasteiger partial charge in [0, 0.05) is 20.1 Å². The first-order chi connectivity index (χ1) is 13.0. The summed E-state index contributed by atoms with van der Waals surface area (Å²) in [5, 5.41) is 4.92. The van der Waals surface area contributed by atoms with Crippen LogP contribution in [0.25, 0.3) is 32.1 Å². The van der Waals surface area contributed by atoms with E-state index in [1.165, 1.54) is 28.0 Å². The SMILES string of the molecule is [C-]#[N+]c1nc2c[c-]c(-c3ncnn3-c3c(C)cc(C(C)C)cc3C)cc2s1.[Ir]. The van der Waals surface area contributed by atoms with Gasteiger partial charge < -0.3 is 4.85 Å². The minimum absolute atomic E-state index is 0. The van der Waals surface area contributed by atoms with Crippen LogP contribution in [0.15, 0.2) is 30.6 Å². The molecule has 0 aliphatic heterocycles. The molecule has 0 saturated carbocycles. The van der Waals surface area contributed by atoms with Crippen molar-refractivity contribution in [2.24, 2.45) is 0 Å². The monoisotopic (exact) mass is 565 g/mol. The van der Waals surface area contributed by atoms with Gasteiger partial charge in [0.05, 0.1) is 17.0 Å². The maximum Gasteiger partial charge on any atom is 0.319 e. The third-order valence-electron chi connectivity index (χ3n) is 4.59. The van der Waals surface area contributed by atoms with Gasteiger partial charge in [-0.3, -0.25) is 9.67 Å². The van der Waals surface area contributed by atoms with Crippen molar-refractivity contribution in [3.63, 3.8) is 0 Å². The van der Waals surface area contributed by atoms with Crippen LogP contribution in [0, 0.1) is 26.5 Å². The fourth-order valence-corrected chi connectivity index (χ4v) is 4.05. The van der Waals surface area contributed by atoms with Crippen molar-refractivity contribution >= 4 is 26.7 Å². The number of nitrogens with zero attached hydrogens (tertiary/aromatic N) is 5. The Kier molecular flexibility index (Phi) is 5.76. The van der Waals surface area contributed by atoms with Crippen LogP contribution in [-0.2, 0) is 20.1 Å². The standard InChI is InChI=1S/C21H18N5S.Ir/c1-12(2)16-8-13(3)19(14(4)9-16)26-20(23-11-24-26)15-6-7-17-18(10-15)27-21(22-5)25-17;/h7-12H,1-4H3;/q-1;. The van der Waals surface area contributed by atoms with Crippen LogP contribution in [0.2, 0.25) is 0 Å². The fourth-order valence-electron chi connectivity index (χ4n) is 3.28. The molecule has 4 rings (SSSR count). The van der Waals surface area contributed by atoms with Crippen LogP contribution >= 0.6 is 11.3 Å². The van der Waals surface area contributed by atoms with Crippen LogP contribution < -0.4 is 0 Å². The summed E-state index contributed by atoms with van der Waals surface area (Å²) in [6.45, 7) is 15.8. The van der Waals surface area contributed by atoms with Gasteiger partial charge in [-0.25, -0.2) is 0 Å². The van der Waals surface area contributed by atoms with Crippen molar-refractivity contribution in [2.45, 2.75) is 33.6 Å². The number of aromatic nitrogens is 4. The summed E-state index contributed by atoms with van der Waals surface area (Å²) in [5.41, 5.74) is 6.33. The van der Waals surface area contributed by atoms with Gasteiger partial charge in [-0.05, 0) is 41.2 Å². The van der Waals surface area contributed by atoms with Gasteiger partial charge in [0.2, 0.25) is 0 Å². The average molecular weight is 565 g/mol. The molecule has 0 spiro atoms. The van der Waals surface area contributed by atoms with Gasteiger partial charge in [-0.15, -0.1) is 29.0 Å². The molecule has 0 saturated heterocycles. The van der Waals surface area contributed by atoms with Crippen LogP contribution in [0.5, 0.6) is 0 Å². The first-order valence-corrected chi connectivity index (χ1v) is 9.51. The number of rotatable bonds is 3. The normalized spacial score (nSPS) is 10.9. The molecule has 2 aromatic heterocycles. The molecule has 143 valence electrons. The molecule has 0 aliphatic rings. The molecular formula is C21H18IrN5S-. The van der Waals surface area contributed by atoms with E-state index in [1.807, 2.05) is 16.8 Å². The van der Waals surface area contributed by atoms with E-state index in [-0.39, 0.29) is 20.1 Å². The summed E-state index contributed by atoms with van der Waals surface area (Å²) in [6.07, 6.45) is 1.57. The van der Waals surface area contributed by atoms with Crippen LogP contribution in [0.3, 0.4) is 0 Å². The third-order valence-corrected chi connectivity index (χ3v) is 5.50. The fraction of sp³-hybridized carbons (Fsp3) is 0.238.